The summed E-state index contributed by atoms with van der Waals surface area (Å²) in [7, 11) is 1.02. The van der Waals surface area contributed by atoms with Crippen molar-refractivity contribution in [3.63, 3.8) is 0 Å². The molecule has 17 heteroatoms. The SMILES string of the molecule is COC(=O)[C@H]1O[C@@H](Oc2ccc(COc3cn(C(C)=O)c4ccc(OCc5ccccc5)cc34)cc2[N+](=O)[O-])[C@H](OC(C)=O)[C@@H](OC(C)=O)[C@@H]1OC(C)=O. The molecule has 5 atom stereocenters. The summed E-state index contributed by atoms with van der Waals surface area (Å²) in [5, 5.41) is 12.9. The van der Waals surface area contributed by atoms with Crippen LogP contribution < -0.4 is 14.2 Å². The minimum Gasteiger partial charge on any atom is -0.489 e. The lowest BCUT2D eigenvalue weighted by Gasteiger charge is -2.42. The molecule has 3 aromatic carbocycles. The molecule has 1 fully saturated rings. The van der Waals surface area contributed by atoms with Crippen molar-refractivity contribution < 1.29 is 66.8 Å². The Morgan fingerprint density at radius 1 is 0.759 bits per heavy atom. The van der Waals surface area contributed by atoms with Crippen LogP contribution in [0.5, 0.6) is 17.2 Å². The van der Waals surface area contributed by atoms with Crippen LogP contribution in [0, 0.1) is 10.1 Å². The average molecular weight is 749 g/mol. The van der Waals surface area contributed by atoms with Crippen LogP contribution in [-0.2, 0) is 56.1 Å². The third-order valence-corrected chi connectivity index (χ3v) is 8.02. The normalized spacial score (nSPS) is 19.2. The summed E-state index contributed by atoms with van der Waals surface area (Å²) in [6, 6.07) is 18.6. The molecule has 0 saturated carbocycles. The Bertz CT molecular complexity index is 2060. The van der Waals surface area contributed by atoms with Crippen LogP contribution in [0.15, 0.2) is 72.9 Å². The molecule has 0 amide bonds. The van der Waals surface area contributed by atoms with Crippen LogP contribution in [-0.4, -0.2) is 77.1 Å². The number of aromatic nitrogens is 1. The van der Waals surface area contributed by atoms with Crippen molar-refractivity contribution in [3.8, 4) is 17.2 Å². The maximum Gasteiger partial charge on any atom is 0.339 e. The van der Waals surface area contributed by atoms with E-state index >= 15 is 0 Å². The molecule has 0 bridgehead atoms. The molecule has 0 spiro atoms. The highest BCUT2D eigenvalue weighted by atomic mass is 16.7. The number of ether oxygens (including phenoxy) is 8. The Hall–Kier alpha value is -6.49. The second kappa shape index (κ2) is 16.9. The van der Waals surface area contributed by atoms with Crippen LogP contribution >= 0.6 is 0 Å². The van der Waals surface area contributed by atoms with Crippen LogP contribution in [0.1, 0.15) is 43.6 Å². The van der Waals surface area contributed by atoms with E-state index in [0.29, 0.717) is 34.6 Å². The van der Waals surface area contributed by atoms with Gasteiger partial charge < -0.3 is 37.9 Å². The molecule has 0 N–H and O–H groups in total. The predicted molar refractivity (Wildman–Crippen MR) is 184 cm³/mol. The fraction of sp³-hybridized carbons (Fsp3) is 0.324. The fourth-order valence-corrected chi connectivity index (χ4v) is 5.74. The maximum atomic E-state index is 12.8. The molecular formula is C37H36N2O15. The maximum absolute atomic E-state index is 12.8. The molecule has 1 aliphatic rings. The Morgan fingerprint density at radius 3 is 2.04 bits per heavy atom. The van der Waals surface area contributed by atoms with Gasteiger partial charge in [-0.25, -0.2) is 4.79 Å². The predicted octanol–water partition coefficient (Wildman–Crippen LogP) is 4.44. The van der Waals surface area contributed by atoms with Gasteiger partial charge in [-0.05, 0) is 35.4 Å². The number of hydrogen-bond donors (Lipinski definition) is 0. The first-order valence-electron chi connectivity index (χ1n) is 16.4. The highest BCUT2D eigenvalue weighted by Gasteiger charge is 2.56. The van der Waals surface area contributed by atoms with E-state index < -0.39 is 70.9 Å². The molecular weight excluding hydrogens is 712 g/mol. The van der Waals surface area contributed by atoms with Crippen molar-refractivity contribution in [1.29, 1.82) is 0 Å². The monoisotopic (exact) mass is 748 g/mol. The number of nitro groups is 1. The van der Waals surface area contributed by atoms with Gasteiger partial charge in [0.15, 0.2) is 24.1 Å². The molecule has 0 aliphatic carbocycles. The Labute approximate surface area is 307 Å². The van der Waals surface area contributed by atoms with Gasteiger partial charge in [0, 0.05) is 39.1 Å². The van der Waals surface area contributed by atoms with E-state index in [-0.39, 0.29) is 12.5 Å². The highest BCUT2D eigenvalue weighted by molar-refractivity contribution is 5.96. The van der Waals surface area contributed by atoms with Gasteiger partial charge in [0.2, 0.25) is 18.3 Å². The fourth-order valence-electron chi connectivity index (χ4n) is 5.74. The van der Waals surface area contributed by atoms with Crippen molar-refractivity contribution in [2.24, 2.45) is 0 Å². The van der Waals surface area contributed by atoms with Crippen LogP contribution in [0.4, 0.5) is 5.69 Å². The lowest BCUT2D eigenvalue weighted by Crippen LogP contribution is -2.64. The molecule has 2 heterocycles. The Kier molecular flexibility index (Phi) is 12.1. The van der Waals surface area contributed by atoms with Crippen molar-refractivity contribution in [2.75, 3.05) is 7.11 Å². The van der Waals surface area contributed by atoms with Gasteiger partial charge in [-0.1, -0.05) is 36.4 Å². The van der Waals surface area contributed by atoms with E-state index in [9.17, 15) is 34.1 Å². The minimum absolute atomic E-state index is 0.188. The molecule has 1 saturated heterocycles. The lowest BCUT2D eigenvalue weighted by atomic mass is 9.97. The van der Waals surface area contributed by atoms with Crippen LogP contribution in [0.25, 0.3) is 10.9 Å². The lowest BCUT2D eigenvalue weighted by molar-refractivity contribution is -0.387. The minimum atomic E-state index is -1.81. The second-order valence-electron chi connectivity index (χ2n) is 12.0. The summed E-state index contributed by atoms with van der Waals surface area (Å²) in [5.41, 5.74) is 1.25. The van der Waals surface area contributed by atoms with Crippen molar-refractivity contribution in [1.82, 2.24) is 4.57 Å². The largest absolute Gasteiger partial charge is 0.489 e. The van der Waals surface area contributed by atoms with Gasteiger partial charge in [0.1, 0.15) is 24.7 Å². The quantitative estimate of drug-likeness (QED) is 0.0802. The molecule has 0 unspecified atom stereocenters. The number of nitrogens with zero attached hydrogens (tertiary/aromatic N) is 2. The molecule has 54 heavy (non-hydrogen) atoms. The van der Waals surface area contributed by atoms with E-state index in [1.54, 1.807) is 18.2 Å². The molecule has 0 radical (unpaired) electrons. The van der Waals surface area contributed by atoms with E-state index in [1.165, 1.54) is 35.9 Å². The smallest absolute Gasteiger partial charge is 0.339 e. The van der Waals surface area contributed by atoms with Crippen molar-refractivity contribution >= 4 is 46.4 Å². The molecule has 1 aliphatic heterocycles. The van der Waals surface area contributed by atoms with E-state index in [0.717, 1.165) is 33.4 Å². The van der Waals surface area contributed by atoms with Gasteiger partial charge in [-0.15, -0.1) is 0 Å². The first-order valence-corrected chi connectivity index (χ1v) is 16.4. The molecule has 1 aromatic heterocycles. The zero-order valence-electron chi connectivity index (χ0n) is 29.7. The summed E-state index contributed by atoms with van der Waals surface area (Å²) < 4.78 is 45.7. The van der Waals surface area contributed by atoms with Gasteiger partial charge in [0.25, 0.3) is 0 Å². The zero-order valence-corrected chi connectivity index (χ0v) is 29.7. The summed E-state index contributed by atoms with van der Waals surface area (Å²) in [5.74, 6) is -3.62. The summed E-state index contributed by atoms with van der Waals surface area (Å²) in [6.45, 7) is 4.59. The molecule has 4 aromatic rings. The van der Waals surface area contributed by atoms with Crippen molar-refractivity contribution in [2.45, 2.75) is 71.6 Å². The molecule has 17 nitrogen and oxygen atoms in total. The van der Waals surface area contributed by atoms with E-state index in [4.69, 9.17) is 37.9 Å². The number of carbonyl (C=O) groups is 5. The number of hydrogen-bond acceptors (Lipinski definition) is 15. The number of methoxy groups -OCH3 is 1. The number of nitro benzene ring substituents is 1. The van der Waals surface area contributed by atoms with E-state index in [1.807, 2.05) is 30.3 Å². The summed E-state index contributed by atoms with van der Waals surface area (Å²) in [4.78, 5) is 73.0. The number of benzene rings is 3. The Balaban J connectivity index is 1.42. The first kappa shape index (κ1) is 38.7. The number of fused-ring (bicyclic) bond motifs is 1. The number of rotatable bonds is 13. The third kappa shape index (κ3) is 9.11. The Morgan fingerprint density at radius 2 is 1.41 bits per heavy atom. The van der Waals surface area contributed by atoms with Gasteiger partial charge >= 0.3 is 29.6 Å². The topological polar surface area (TPSA) is 207 Å². The summed E-state index contributed by atoms with van der Waals surface area (Å²) >= 11 is 0. The molecule has 284 valence electrons. The second-order valence-corrected chi connectivity index (χ2v) is 12.0. The van der Waals surface area contributed by atoms with Crippen molar-refractivity contribution in [3.05, 3.63) is 94.2 Å². The van der Waals surface area contributed by atoms with E-state index in [2.05, 4.69) is 0 Å². The number of esters is 4. The third-order valence-electron chi connectivity index (χ3n) is 8.02. The van der Waals surface area contributed by atoms with Crippen LogP contribution in [0.2, 0.25) is 0 Å². The van der Waals surface area contributed by atoms with Gasteiger partial charge in [0.05, 0.1) is 23.7 Å². The average Bonchev–Trinajstić information content (AvgIpc) is 3.50. The number of carbonyl (C=O) groups excluding carboxylic acids is 5. The highest BCUT2D eigenvalue weighted by Crippen LogP contribution is 2.36. The first-order chi connectivity index (χ1) is 25.7. The standard InChI is InChI=1S/C37H36N2O15/c1-20(40)38-17-31(27-16-26(12-13-28(27)38)48-18-24-9-7-6-8-10-24)49-19-25-11-14-30(29(15-25)39(45)46)53-37-35(52-23(4)43)33(51-22(3)42)32(50-21(2)41)34(54-37)36(44)47-5/h6-17,32-35,37H,18-19H2,1-5H3/t32-,33-,34-,35+,37+/m0/s1. The van der Waals surface area contributed by atoms with Crippen LogP contribution in [0.3, 0.4) is 0 Å². The summed E-state index contributed by atoms with van der Waals surface area (Å²) in [6.07, 6.45) is -7.07. The van der Waals surface area contributed by atoms with Gasteiger partial charge in [-0.2, -0.15) is 0 Å². The zero-order chi connectivity index (χ0) is 39.1. The van der Waals surface area contributed by atoms with Gasteiger partial charge in [-0.3, -0.25) is 33.9 Å². The molecule has 5 rings (SSSR count).